The maximum Gasteiger partial charge on any atom is 0.241 e. The summed E-state index contributed by atoms with van der Waals surface area (Å²) >= 11 is 3.56. The molecule has 3 nitrogen and oxygen atoms in total. The molecule has 1 amide bonds. The number of hydrogen-bond acceptors (Lipinski definition) is 2. The van der Waals surface area contributed by atoms with Crippen LogP contribution in [0.3, 0.4) is 0 Å². The molecule has 0 bridgehead atoms. The number of nitrogens with one attached hydrogen (secondary N) is 2. The van der Waals surface area contributed by atoms with Crippen molar-refractivity contribution in [2.45, 2.75) is 39.2 Å². The van der Waals surface area contributed by atoms with Gasteiger partial charge in [0.1, 0.15) is 0 Å². The molecule has 3 rings (SSSR count). The first-order chi connectivity index (χ1) is 9.56. The summed E-state index contributed by atoms with van der Waals surface area (Å²) in [6.07, 6.45) is 3.73. The van der Waals surface area contributed by atoms with E-state index in [2.05, 4.69) is 39.6 Å². The van der Waals surface area contributed by atoms with E-state index in [9.17, 15) is 4.79 Å². The third kappa shape index (κ3) is 2.51. The van der Waals surface area contributed by atoms with Crippen LogP contribution in [-0.4, -0.2) is 18.5 Å². The third-order valence-electron chi connectivity index (χ3n) is 4.71. The molecule has 108 valence electrons. The lowest BCUT2D eigenvalue weighted by atomic mass is 9.93. The lowest BCUT2D eigenvalue weighted by Crippen LogP contribution is -2.40. The summed E-state index contributed by atoms with van der Waals surface area (Å²) in [6.45, 7) is 5.09. The molecule has 1 aliphatic heterocycles. The van der Waals surface area contributed by atoms with Gasteiger partial charge in [-0.2, -0.15) is 0 Å². The van der Waals surface area contributed by atoms with Gasteiger partial charge in [-0.05, 0) is 78.2 Å². The quantitative estimate of drug-likeness (QED) is 0.869. The van der Waals surface area contributed by atoms with Gasteiger partial charge in [-0.15, -0.1) is 0 Å². The van der Waals surface area contributed by atoms with Gasteiger partial charge in [0.05, 0.1) is 11.7 Å². The molecule has 4 heteroatoms. The van der Waals surface area contributed by atoms with E-state index in [1.807, 2.05) is 13.0 Å². The van der Waals surface area contributed by atoms with Gasteiger partial charge >= 0.3 is 0 Å². The van der Waals surface area contributed by atoms with Crippen molar-refractivity contribution in [3.8, 4) is 0 Å². The second-order valence-corrected chi connectivity index (χ2v) is 7.02. The molecule has 2 N–H and O–H groups in total. The summed E-state index contributed by atoms with van der Waals surface area (Å²) in [7, 11) is 0. The summed E-state index contributed by atoms with van der Waals surface area (Å²) in [6, 6.07) is 4.12. The summed E-state index contributed by atoms with van der Waals surface area (Å²) < 4.78 is 0.962. The zero-order chi connectivity index (χ0) is 14.3. The Labute approximate surface area is 128 Å². The predicted octanol–water partition coefficient (Wildman–Crippen LogP) is 3.39. The fourth-order valence-electron chi connectivity index (χ4n) is 3.75. The Morgan fingerprint density at radius 3 is 2.90 bits per heavy atom. The number of aryl methyl sites for hydroxylation is 2. The number of carbonyl (C=O) groups is 1. The lowest BCUT2D eigenvalue weighted by Gasteiger charge is -2.19. The topological polar surface area (TPSA) is 41.1 Å². The number of halogens is 1. The van der Waals surface area contributed by atoms with Crippen LogP contribution in [0.15, 0.2) is 16.6 Å². The van der Waals surface area contributed by atoms with Crippen LogP contribution in [0.1, 0.15) is 30.4 Å². The summed E-state index contributed by atoms with van der Waals surface area (Å²) in [4.78, 5) is 12.6. The van der Waals surface area contributed by atoms with Crippen molar-refractivity contribution in [2.24, 2.45) is 11.8 Å². The van der Waals surface area contributed by atoms with Gasteiger partial charge in [0, 0.05) is 4.47 Å². The van der Waals surface area contributed by atoms with Crippen molar-refractivity contribution >= 4 is 27.5 Å². The summed E-state index contributed by atoms with van der Waals surface area (Å²) in [5.41, 5.74) is 3.21. The Hall–Kier alpha value is -0.870. The number of benzene rings is 1. The molecule has 1 aromatic carbocycles. The molecule has 1 heterocycles. The van der Waals surface area contributed by atoms with E-state index in [-0.39, 0.29) is 11.9 Å². The molecule has 1 aromatic rings. The normalized spacial score (nSPS) is 28.4. The number of rotatable bonds is 2. The van der Waals surface area contributed by atoms with Crippen LogP contribution in [0, 0.1) is 25.7 Å². The van der Waals surface area contributed by atoms with E-state index in [1.54, 1.807) is 0 Å². The number of fused-ring (bicyclic) bond motifs is 1. The van der Waals surface area contributed by atoms with Crippen LogP contribution in [-0.2, 0) is 4.79 Å². The first-order valence-corrected chi connectivity index (χ1v) is 8.16. The third-order valence-corrected chi connectivity index (χ3v) is 5.33. The van der Waals surface area contributed by atoms with Crippen molar-refractivity contribution in [1.29, 1.82) is 0 Å². The molecule has 2 fully saturated rings. The minimum absolute atomic E-state index is 0.0184. The van der Waals surface area contributed by atoms with Gasteiger partial charge in [-0.25, -0.2) is 0 Å². The van der Waals surface area contributed by atoms with Crippen LogP contribution in [0.4, 0.5) is 5.69 Å². The highest BCUT2D eigenvalue weighted by Gasteiger charge is 2.42. The van der Waals surface area contributed by atoms with Gasteiger partial charge in [0.25, 0.3) is 0 Å². The second kappa shape index (κ2) is 5.49. The average molecular weight is 337 g/mol. The van der Waals surface area contributed by atoms with Crippen LogP contribution >= 0.6 is 15.9 Å². The molecule has 2 aliphatic rings. The van der Waals surface area contributed by atoms with E-state index in [0.29, 0.717) is 11.8 Å². The molecule has 1 saturated heterocycles. The van der Waals surface area contributed by atoms with Gasteiger partial charge in [-0.3, -0.25) is 4.79 Å². The highest BCUT2D eigenvalue weighted by molar-refractivity contribution is 9.10. The number of carbonyl (C=O) groups excluding carboxylic acids is 1. The molecule has 0 spiro atoms. The van der Waals surface area contributed by atoms with E-state index >= 15 is 0 Å². The molecule has 1 saturated carbocycles. The van der Waals surface area contributed by atoms with Crippen molar-refractivity contribution in [2.75, 3.05) is 11.9 Å². The maximum absolute atomic E-state index is 12.6. The molecule has 0 aromatic heterocycles. The van der Waals surface area contributed by atoms with E-state index < -0.39 is 0 Å². The van der Waals surface area contributed by atoms with Crippen molar-refractivity contribution in [3.05, 3.63) is 27.7 Å². The fraction of sp³-hybridized carbons (Fsp3) is 0.562. The van der Waals surface area contributed by atoms with Gasteiger partial charge in [0.15, 0.2) is 0 Å². The smallest absolute Gasteiger partial charge is 0.241 e. The van der Waals surface area contributed by atoms with Gasteiger partial charge in [-0.1, -0.05) is 12.5 Å². The molecule has 3 unspecified atom stereocenters. The van der Waals surface area contributed by atoms with Crippen molar-refractivity contribution in [1.82, 2.24) is 5.32 Å². The Morgan fingerprint density at radius 1 is 1.35 bits per heavy atom. The Balaban J connectivity index is 1.76. The minimum Gasteiger partial charge on any atom is -0.323 e. The van der Waals surface area contributed by atoms with E-state index in [1.165, 1.54) is 24.8 Å². The lowest BCUT2D eigenvalue weighted by molar-refractivity contribution is -0.118. The highest BCUT2D eigenvalue weighted by atomic mass is 79.9. The van der Waals surface area contributed by atoms with Crippen LogP contribution in [0.2, 0.25) is 0 Å². The van der Waals surface area contributed by atoms with E-state index in [0.717, 1.165) is 22.3 Å². The molecule has 20 heavy (non-hydrogen) atoms. The Morgan fingerprint density at radius 2 is 2.15 bits per heavy atom. The van der Waals surface area contributed by atoms with Crippen LogP contribution in [0.5, 0.6) is 0 Å². The monoisotopic (exact) mass is 336 g/mol. The van der Waals surface area contributed by atoms with Gasteiger partial charge in [0.2, 0.25) is 5.91 Å². The highest BCUT2D eigenvalue weighted by Crippen LogP contribution is 2.38. The van der Waals surface area contributed by atoms with Crippen LogP contribution < -0.4 is 10.6 Å². The molecule has 1 aliphatic carbocycles. The summed E-state index contributed by atoms with van der Waals surface area (Å²) in [5, 5.41) is 6.51. The number of hydrogen-bond donors (Lipinski definition) is 2. The average Bonchev–Trinajstić information content (AvgIpc) is 2.95. The number of amides is 1. The zero-order valence-corrected chi connectivity index (χ0v) is 13.6. The number of anilines is 1. The fourth-order valence-corrected chi connectivity index (χ4v) is 4.52. The molecular weight excluding hydrogens is 316 g/mol. The maximum atomic E-state index is 12.6. The molecular formula is C16H21BrN2O. The second-order valence-electron chi connectivity index (χ2n) is 6.17. The standard InChI is InChI=1S/C16H21BrN2O/c1-9-6-10(2)14(13(17)7-9)19-16(20)15-12-5-3-4-11(12)8-18-15/h6-7,11-12,15,18H,3-5,8H2,1-2H3,(H,19,20). The summed E-state index contributed by atoms with van der Waals surface area (Å²) in [5.74, 6) is 1.35. The predicted molar refractivity (Wildman–Crippen MR) is 84.9 cm³/mol. The first-order valence-electron chi connectivity index (χ1n) is 7.37. The van der Waals surface area contributed by atoms with E-state index in [4.69, 9.17) is 0 Å². The van der Waals surface area contributed by atoms with Gasteiger partial charge < -0.3 is 10.6 Å². The minimum atomic E-state index is -0.0184. The Kier molecular flexibility index (Phi) is 3.87. The van der Waals surface area contributed by atoms with Crippen LogP contribution in [0.25, 0.3) is 0 Å². The zero-order valence-electron chi connectivity index (χ0n) is 12.0. The van der Waals surface area contributed by atoms with Crippen molar-refractivity contribution in [3.63, 3.8) is 0 Å². The Bertz CT molecular complexity index is 520. The van der Waals surface area contributed by atoms with Crippen molar-refractivity contribution < 1.29 is 4.79 Å². The largest absolute Gasteiger partial charge is 0.323 e. The molecule has 3 atom stereocenters. The SMILES string of the molecule is Cc1cc(C)c(NC(=O)C2NCC3CCCC32)c(Br)c1. The molecule has 0 radical (unpaired) electrons. The first kappa shape index (κ1) is 14.1.